The minimum absolute atomic E-state index is 0. The van der Waals surface area contributed by atoms with E-state index in [2.05, 4.69) is 0 Å². The molecule has 0 aromatic rings. The summed E-state index contributed by atoms with van der Waals surface area (Å²) in [5.41, 5.74) is 0. The van der Waals surface area contributed by atoms with Gasteiger partial charge in [-0.05, 0) is 0 Å². The minimum atomic E-state index is 0. The number of hydrogen-bond acceptors (Lipinski definition) is 0. The molecule has 0 aromatic heterocycles. The summed E-state index contributed by atoms with van der Waals surface area (Å²) in [4.78, 5) is 0. The van der Waals surface area contributed by atoms with E-state index in [9.17, 15) is 0 Å². The Morgan fingerprint density at radius 1 is 0.667 bits per heavy atom. The van der Waals surface area contributed by atoms with E-state index in [0.29, 0.717) is 0 Å². The van der Waals surface area contributed by atoms with E-state index in [1.54, 1.807) is 0 Å². The normalized spacial score (nSPS) is 0. The van der Waals surface area contributed by atoms with Gasteiger partial charge >= 0.3 is 91.8 Å². The van der Waals surface area contributed by atoms with E-state index in [-0.39, 0.29) is 108 Å². The molecule has 0 bridgehead atoms. The third-order valence-corrected chi connectivity index (χ3v) is 0. The number of hydrogen-bond donors (Lipinski definition) is 0. The molecule has 0 aliphatic carbocycles. The van der Waals surface area contributed by atoms with Crippen LogP contribution in [0, 0.1) is 0 Å². The van der Waals surface area contributed by atoms with Gasteiger partial charge in [-0.3, -0.25) is 0 Å². The second kappa shape index (κ2) is 45.8. The summed E-state index contributed by atoms with van der Waals surface area (Å²) in [5.74, 6) is 0. The summed E-state index contributed by atoms with van der Waals surface area (Å²) in [6, 6.07) is 0. The molecule has 0 fully saturated rings. The fraction of sp³-hybridized carbons (Fsp3) is 0. The van der Waals surface area contributed by atoms with Crippen molar-refractivity contribution in [2.45, 2.75) is 0 Å². The molecule has 24 valence electrons. The molecular weight excluding hydrogens is 138 g/mol. The fourth-order valence-electron chi connectivity index (χ4n) is 0. The van der Waals surface area contributed by atoms with Crippen LogP contribution in [0.25, 0.3) is 0 Å². The van der Waals surface area contributed by atoms with Gasteiger partial charge in [0.05, 0.1) is 0 Å². The van der Waals surface area contributed by atoms with Crippen LogP contribution < -0.4 is 51.4 Å². The van der Waals surface area contributed by atoms with Crippen molar-refractivity contribution in [3.05, 3.63) is 0 Å². The van der Waals surface area contributed by atoms with E-state index in [1.807, 2.05) is 0 Å². The molecule has 0 aliphatic heterocycles. The van der Waals surface area contributed by atoms with Crippen molar-refractivity contribution >= 4 is 40.4 Å². The topological polar surface area (TPSA) is 85.5 Å². The molecule has 3 nitrogen and oxygen atoms in total. The Bertz CT molecular complexity index is 10.8. The van der Waals surface area contributed by atoms with Gasteiger partial charge in [-0.25, -0.2) is 0 Å². The first-order valence-corrected chi connectivity index (χ1v) is 0. The van der Waals surface area contributed by atoms with Crippen molar-refractivity contribution in [1.29, 1.82) is 0 Å². The molecule has 0 saturated carbocycles. The van der Waals surface area contributed by atoms with Gasteiger partial charge in [0.1, 0.15) is 0 Å². The molecule has 6 heteroatoms. The quantitative estimate of drug-likeness (QED) is 0.305. The Hall–Kier alpha value is 2.82. The smallest absolute Gasteiger partial charge is 2.00 e. The van der Waals surface area contributed by atoms with E-state index in [1.165, 1.54) is 0 Å². The Balaban J connectivity index is 0. The van der Waals surface area contributed by atoms with Gasteiger partial charge in [0.2, 0.25) is 0 Å². The van der Waals surface area contributed by atoms with Crippen molar-refractivity contribution in [2.24, 2.45) is 0 Å². The Morgan fingerprint density at radius 2 is 0.667 bits per heavy atom. The summed E-state index contributed by atoms with van der Waals surface area (Å²) in [6.07, 6.45) is 0. The Morgan fingerprint density at radius 3 is 0.667 bits per heavy atom. The molecule has 0 atom stereocenters. The van der Waals surface area contributed by atoms with Crippen molar-refractivity contribution in [3.63, 3.8) is 0 Å². The van der Waals surface area contributed by atoms with Crippen LogP contribution in [-0.2, 0) is 16.4 Å². The van der Waals surface area contributed by atoms with Crippen molar-refractivity contribution < 1.29 is 67.8 Å². The van der Waals surface area contributed by atoms with E-state index in [4.69, 9.17) is 0 Å². The maximum absolute atomic E-state index is 0. The first kappa shape index (κ1) is 67.9. The standard InChI is InChI=1S/Al.K.Mg.3O/q+3;+1;+2;3*-2. The third kappa shape index (κ3) is 29.1. The maximum Gasteiger partial charge on any atom is 3.00 e. The first-order chi connectivity index (χ1) is 0. The van der Waals surface area contributed by atoms with Crippen LogP contribution in [0.3, 0.4) is 0 Å². The van der Waals surface area contributed by atoms with Crippen LogP contribution in [-0.4, -0.2) is 40.4 Å². The average Bonchev–Trinajstić information content (AvgIpc) is 0. The van der Waals surface area contributed by atoms with Gasteiger partial charge in [0.15, 0.2) is 0 Å². The number of rotatable bonds is 0. The zero-order valence-corrected chi connectivity index (χ0v) is 9.20. The summed E-state index contributed by atoms with van der Waals surface area (Å²) >= 11 is 0. The van der Waals surface area contributed by atoms with Crippen molar-refractivity contribution in [3.8, 4) is 0 Å². The Labute approximate surface area is 106 Å². The maximum atomic E-state index is 0. The second-order valence-corrected chi connectivity index (χ2v) is 0. The average molecular weight is 138 g/mol. The first-order valence-electron chi connectivity index (χ1n) is 0. The molecular formula is AlKMgO3. The zero-order chi connectivity index (χ0) is 0. The molecule has 0 heterocycles. The second-order valence-electron chi connectivity index (χ2n) is 0. The molecule has 0 radical (unpaired) electrons. The fourth-order valence-corrected chi connectivity index (χ4v) is 0. The van der Waals surface area contributed by atoms with Crippen LogP contribution in [0.2, 0.25) is 0 Å². The van der Waals surface area contributed by atoms with Gasteiger partial charge in [0.25, 0.3) is 0 Å². The molecule has 0 saturated heterocycles. The SMILES string of the molecule is [Al+3].[K+].[Mg+2].[O-2].[O-2].[O-2]. The molecule has 6 heavy (non-hydrogen) atoms. The molecule has 0 unspecified atom stereocenters. The van der Waals surface area contributed by atoms with Crippen LogP contribution >= 0.6 is 0 Å². The van der Waals surface area contributed by atoms with Gasteiger partial charge in [-0.15, -0.1) is 0 Å². The largest absolute Gasteiger partial charge is 3.00 e. The molecule has 0 amide bonds. The van der Waals surface area contributed by atoms with E-state index >= 15 is 0 Å². The zero-order valence-electron chi connectivity index (χ0n) is 3.51. The van der Waals surface area contributed by atoms with Gasteiger partial charge < -0.3 is 16.4 Å². The molecule has 0 aliphatic rings. The molecule has 0 aromatic carbocycles. The summed E-state index contributed by atoms with van der Waals surface area (Å²) in [6.45, 7) is 0. The van der Waals surface area contributed by atoms with Gasteiger partial charge in [0, 0.05) is 0 Å². The van der Waals surface area contributed by atoms with Gasteiger partial charge in [-0.1, -0.05) is 0 Å². The molecule has 0 spiro atoms. The monoisotopic (exact) mass is 138 g/mol. The van der Waals surface area contributed by atoms with Crippen LogP contribution in [0.15, 0.2) is 0 Å². The van der Waals surface area contributed by atoms with Crippen LogP contribution in [0.1, 0.15) is 0 Å². The van der Waals surface area contributed by atoms with Crippen LogP contribution in [0.4, 0.5) is 0 Å². The van der Waals surface area contributed by atoms with Crippen LogP contribution in [0.5, 0.6) is 0 Å². The third-order valence-electron chi connectivity index (χ3n) is 0. The minimum Gasteiger partial charge on any atom is -2.00 e. The van der Waals surface area contributed by atoms with Crippen molar-refractivity contribution in [1.82, 2.24) is 0 Å². The molecule has 0 N–H and O–H groups in total. The van der Waals surface area contributed by atoms with E-state index < -0.39 is 0 Å². The predicted octanol–water partition coefficient (Wildman–Crippen LogP) is -4.11. The predicted molar refractivity (Wildman–Crippen MR) is 13.6 cm³/mol. The molecule has 0 rings (SSSR count). The van der Waals surface area contributed by atoms with Gasteiger partial charge in [-0.2, -0.15) is 0 Å². The summed E-state index contributed by atoms with van der Waals surface area (Å²) in [5, 5.41) is 0. The summed E-state index contributed by atoms with van der Waals surface area (Å²) in [7, 11) is 0. The Kier molecular flexibility index (Phi) is 519. The van der Waals surface area contributed by atoms with E-state index in [0.717, 1.165) is 0 Å². The van der Waals surface area contributed by atoms with Crippen molar-refractivity contribution in [2.75, 3.05) is 0 Å². The summed E-state index contributed by atoms with van der Waals surface area (Å²) < 4.78 is 0.